The molecule has 0 saturated heterocycles. The average Bonchev–Trinajstić information content (AvgIpc) is 3.08. The van der Waals surface area contributed by atoms with Crippen LogP contribution in [0.25, 0.3) is 0 Å². The zero-order valence-electron chi connectivity index (χ0n) is 19.0. The molecule has 0 aromatic heterocycles. The Bertz CT molecular complexity index is 1200. The SMILES string of the molecule is CN(C)CC(=O)c1ccc(NC(=O)C(Cc2ccccc2)N2C(=O)c3ccccc3C2=O)cc1. The topological polar surface area (TPSA) is 86.8 Å². The van der Waals surface area contributed by atoms with Gasteiger partial charge in [0.25, 0.3) is 11.8 Å². The number of ketones is 1. The van der Waals surface area contributed by atoms with Crippen LogP contribution in [0.2, 0.25) is 0 Å². The summed E-state index contributed by atoms with van der Waals surface area (Å²) >= 11 is 0. The summed E-state index contributed by atoms with van der Waals surface area (Å²) in [6.45, 7) is 0.282. The molecule has 34 heavy (non-hydrogen) atoms. The number of benzene rings is 3. The van der Waals surface area contributed by atoms with Gasteiger partial charge in [-0.3, -0.25) is 24.1 Å². The van der Waals surface area contributed by atoms with E-state index in [0.717, 1.165) is 10.5 Å². The summed E-state index contributed by atoms with van der Waals surface area (Å²) in [4.78, 5) is 54.6. The van der Waals surface area contributed by atoms with E-state index in [0.29, 0.717) is 22.4 Å². The standard InChI is InChI=1S/C27H25N3O4/c1-29(2)17-24(31)19-12-14-20(15-13-19)28-25(32)23(16-18-8-4-3-5-9-18)30-26(33)21-10-6-7-11-22(21)27(30)34/h3-15,23H,16-17H2,1-2H3,(H,28,32). The Kier molecular flexibility index (Phi) is 6.65. The predicted molar refractivity (Wildman–Crippen MR) is 129 cm³/mol. The summed E-state index contributed by atoms with van der Waals surface area (Å²) in [5.74, 6) is -1.48. The summed E-state index contributed by atoms with van der Waals surface area (Å²) in [5.41, 5.74) is 2.42. The minimum absolute atomic E-state index is 0.0316. The van der Waals surface area contributed by atoms with Crippen molar-refractivity contribution in [2.24, 2.45) is 0 Å². The van der Waals surface area contributed by atoms with Crippen molar-refractivity contribution in [3.05, 3.63) is 101 Å². The smallest absolute Gasteiger partial charge is 0.262 e. The molecular formula is C27H25N3O4. The van der Waals surface area contributed by atoms with Gasteiger partial charge in [-0.15, -0.1) is 0 Å². The number of hydrogen-bond acceptors (Lipinski definition) is 5. The number of carbonyl (C=O) groups excluding carboxylic acids is 4. The number of Topliss-reactive ketones (excluding diaryl/α,β-unsaturated/α-hetero) is 1. The Morgan fingerprint density at radius 3 is 1.94 bits per heavy atom. The molecular weight excluding hydrogens is 430 g/mol. The zero-order chi connectivity index (χ0) is 24.2. The first-order valence-corrected chi connectivity index (χ1v) is 10.9. The van der Waals surface area contributed by atoms with Gasteiger partial charge in [-0.25, -0.2) is 0 Å². The molecule has 0 aliphatic carbocycles. The summed E-state index contributed by atoms with van der Waals surface area (Å²) in [6, 6.07) is 21.4. The summed E-state index contributed by atoms with van der Waals surface area (Å²) in [7, 11) is 3.64. The average molecular weight is 456 g/mol. The molecule has 1 aliphatic rings. The van der Waals surface area contributed by atoms with Crippen LogP contribution < -0.4 is 5.32 Å². The lowest BCUT2D eigenvalue weighted by atomic mass is 10.0. The van der Waals surface area contributed by atoms with Crippen LogP contribution in [0, 0.1) is 0 Å². The van der Waals surface area contributed by atoms with Crippen molar-refractivity contribution < 1.29 is 19.2 Å². The van der Waals surface area contributed by atoms with Gasteiger partial charge in [0.05, 0.1) is 17.7 Å². The summed E-state index contributed by atoms with van der Waals surface area (Å²) in [5, 5.41) is 2.81. The number of rotatable bonds is 8. The first-order chi connectivity index (χ1) is 16.3. The van der Waals surface area contributed by atoms with E-state index in [4.69, 9.17) is 0 Å². The lowest BCUT2D eigenvalue weighted by Gasteiger charge is -2.25. The van der Waals surface area contributed by atoms with Gasteiger partial charge in [-0.05, 0) is 56.1 Å². The first kappa shape index (κ1) is 23.1. The molecule has 0 saturated carbocycles. The monoisotopic (exact) mass is 455 g/mol. The van der Waals surface area contributed by atoms with E-state index in [1.807, 2.05) is 44.4 Å². The third-order valence-corrected chi connectivity index (χ3v) is 5.65. The van der Waals surface area contributed by atoms with Crippen molar-refractivity contribution in [1.82, 2.24) is 9.80 Å². The Morgan fingerprint density at radius 2 is 1.38 bits per heavy atom. The second kappa shape index (κ2) is 9.80. The van der Waals surface area contributed by atoms with Crippen LogP contribution in [0.15, 0.2) is 78.9 Å². The quantitative estimate of drug-likeness (QED) is 0.416. The number of imide groups is 1. The van der Waals surface area contributed by atoms with Crippen LogP contribution in [0.4, 0.5) is 5.69 Å². The van der Waals surface area contributed by atoms with Gasteiger partial charge < -0.3 is 10.2 Å². The summed E-state index contributed by atoms with van der Waals surface area (Å²) < 4.78 is 0. The number of anilines is 1. The van der Waals surface area contributed by atoms with Gasteiger partial charge in [-0.1, -0.05) is 42.5 Å². The van der Waals surface area contributed by atoms with E-state index in [1.165, 1.54) is 0 Å². The minimum Gasteiger partial charge on any atom is -0.324 e. The molecule has 172 valence electrons. The molecule has 1 atom stereocenters. The van der Waals surface area contributed by atoms with Crippen LogP contribution in [0.5, 0.6) is 0 Å². The number of hydrogen-bond donors (Lipinski definition) is 1. The molecule has 1 unspecified atom stereocenters. The molecule has 4 rings (SSSR count). The van der Waals surface area contributed by atoms with E-state index in [1.54, 1.807) is 53.4 Å². The van der Waals surface area contributed by atoms with E-state index < -0.39 is 23.8 Å². The van der Waals surface area contributed by atoms with Gasteiger partial charge in [-0.2, -0.15) is 0 Å². The second-order valence-corrected chi connectivity index (χ2v) is 8.46. The Labute approximate surface area is 198 Å². The lowest BCUT2D eigenvalue weighted by Crippen LogP contribution is -2.48. The highest BCUT2D eigenvalue weighted by molar-refractivity contribution is 6.23. The second-order valence-electron chi connectivity index (χ2n) is 8.46. The van der Waals surface area contributed by atoms with E-state index in [-0.39, 0.29) is 18.7 Å². The van der Waals surface area contributed by atoms with E-state index in [9.17, 15) is 19.2 Å². The number of amides is 3. The molecule has 1 aliphatic heterocycles. The highest BCUT2D eigenvalue weighted by Crippen LogP contribution is 2.26. The predicted octanol–water partition coefficient (Wildman–Crippen LogP) is 3.28. The van der Waals surface area contributed by atoms with Crippen LogP contribution in [-0.4, -0.2) is 60.0 Å². The molecule has 0 bridgehead atoms. The molecule has 3 aromatic carbocycles. The Balaban J connectivity index is 1.59. The maximum absolute atomic E-state index is 13.4. The highest BCUT2D eigenvalue weighted by atomic mass is 16.2. The van der Waals surface area contributed by atoms with Crippen molar-refractivity contribution in [2.45, 2.75) is 12.5 Å². The number of likely N-dealkylation sites (N-methyl/N-ethyl adjacent to an activating group) is 1. The lowest BCUT2D eigenvalue weighted by molar-refractivity contribution is -0.119. The summed E-state index contributed by atoms with van der Waals surface area (Å²) in [6.07, 6.45) is 0.178. The van der Waals surface area contributed by atoms with Crippen molar-refractivity contribution in [3.8, 4) is 0 Å². The third kappa shape index (κ3) is 4.79. The minimum atomic E-state index is -1.04. The molecule has 0 fully saturated rings. The zero-order valence-corrected chi connectivity index (χ0v) is 19.0. The van der Waals surface area contributed by atoms with Crippen LogP contribution >= 0.6 is 0 Å². The van der Waals surface area contributed by atoms with Crippen molar-refractivity contribution in [1.29, 1.82) is 0 Å². The van der Waals surface area contributed by atoms with Gasteiger partial charge >= 0.3 is 0 Å². The number of nitrogens with one attached hydrogen (secondary N) is 1. The van der Waals surface area contributed by atoms with Crippen LogP contribution in [0.1, 0.15) is 36.6 Å². The molecule has 1 heterocycles. The molecule has 7 heteroatoms. The van der Waals surface area contributed by atoms with E-state index >= 15 is 0 Å². The van der Waals surface area contributed by atoms with Crippen molar-refractivity contribution >= 4 is 29.2 Å². The molecule has 3 aromatic rings. The number of fused-ring (bicyclic) bond motifs is 1. The highest BCUT2D eigenvalue weighted by Gasteiger charge is 2.42. The van der Waals surface area contributed by atoms with Gasteiger partial charge in [0.15, 0.2) is 5.78 Å². The largest absolute Gasteiger partial charge is 0.324 e. The maximum Gasteiger partial charge on any atom is 0.262 e. The van der Waals surface area contributed by atoms with Crippen LogP contribution in [-0.2, 0) is 11.2 Å². The maximum atomic E-state index is 13.4. The molecule has 0 spiro atoms. The normalized spacial score (nSPS) is 13.7. The fourth-order valence-corrected chi connectivity index (χ4v) is 3.97. The van der Waals surface area contributed by atoms with Crippen molar-refractivity contribution in [2.75, 3.05) is 26.0 Å². The van der Waals surface area contributed by atoms with Gasteiger partial charge in [0, 0.05) is 17.7 Å². The first-order valence-electron chi connectivity index (χ1n) is 10.9. The molecule has 0 radical (unpaired) electrons. The van der Waals surface area contributed by atoms with Gasteiger partial charge in [0.2, 0.25) is 5.91 Å². The number of carbonyl (C=O) groups is 4. The van der Waals surface area contributed by atoms with Crippen molar-refractivity contribution in [3.63, 3.8) is 0 Å². The molecule has 7 nitrogen and oxygen atoms in total. The van der Waals surface area contributed by atoms with E-state index in [2.05, 4.69) is 5.32 Å². The third-order valence-electron chi connectivity index (χ3n) is 5.65. The molecule has 3 amide bonds. The van der Waals surface area contributed by atoms with Gasteiger partial charge in [0.1, 0.15) is 6.04 Å². The fraction of sp³-hybridized carbons (Fsp3) is 0.185. The fourth-order valence-electron chi connectivity index (χ4n) is 3.97. The number of nitrogens with zero attached hydrogens (tertiary/aromatic N) is 2. The molecule has 1 N–H and O–H groups in total. The van der Waals surface area contributed by atoms with Crippen LogP contribution in [0.3, 0.4) is 0 Å². The Morgan fingerprint density at radius 1 is 0.824 bits per heavy atom. The Hall–Kier alpha value is -4.10.